The minimum absolute atomic E-state index is 0.112. The highest BCUT2D eigenvalue weighted by molar-refractivity contribution is 7.99. The molecule has 0 amide bonds. The Balaban J connectivity index is 2.13. The lowest BCUT2D eigenvalue weighted by atomic mass is 9.90. The summed E-state index contributed by atoms with van der Waals surface area (Å²) in [5.74, 6) is -0.693. The van der Waals surface area contributed by atoms with Crippen LogP contribution in [0, 0.1) is 6.92 Å². The van der Waals surface area contributed by atoms with Crippen LogP contribution in [0.4, 0.5) is 0 Å². The number of phenolic OH excluding ortho intramolecular Hbond substituents is 1. The Hall–Kier alpha value is -2.33. The van der Waals surface area contributed by atoms with Crippen molar-refractivity contribution in [2.45, 2.75) is 16.7 Å². The van der Waals surface area contributed by atoms with E-state index in [1.165, 1.54) is 23.9 Å². The molecule has 0 saturated heterocycles. The molecule has 0 spiro atoms. The zero-order valence-corrected chi connectivity index (χ0v) is 12.1. The van der Waals surface area contributed by atoms with Gasteiger partial charge in [0.2, 0.25) is 0 Å². The lowest BCUT2D eigenvalue weighted by Crippen LogP contribution is -2.14. The van der Waals surface area contributed by atoms with Crippen LogP contribution in [0.2, 0.25) is 0 Å². The van der Waals surface area contributed by atoms with Gasteiger partial charge in [0, 0.05) is 10.5 Å². The Labute approximate surface area is 126 Å². The molecule has 0 unspecified atom stereocenters. The van der Waals surface area contributed by atoms with Gasteiger partial charge >= 0.3 is 0 Å². The number of phenols is 1. The molecule has 2 aromatic rings. The van der Waals surface area contributed by atoms with Crippen molar-refractivity contribution >= 4 is 23.3 Å². The average molecular weight is 296 g/mol. The van der Waals surface area contributed by atoms with Crippen molar-refractivity contribution in [2.24, 2.45) is 0 Å². The second-order valence-corrected chi connectivity index (χ2v) is 5.88. The molecule has 1 aliphatic rings. The van der Waals surface area contributed by atoms with E-state index < -0.39 is 0 Å². The van der Waals surface area contributed by atoms with Gasteiger partial charge in [-0.05, 0) is 42.8 Å². The largest absolute Gasteiger partial charge is 0.506 e. The van der Waals surface area contributed by atoms with E-state index in [0.717, 1.165) is 4.90 Å². The number of hydrogen-bond acceptors (Lipinski definition) is 4. The summed E-state index contributed by atoms with van der Waals surface area (Å²) in [5.41, 5.74) is 1.11. The summed E-state index contributed by atoms with van der Waals surface area (Å²) >= 11 is 1.37. The Kier molecular flexibility index (Phi) is 3.39. The minimum Gasteiger partial charge on any atom is -0.506 e. The SMILES string of the molecule is Cc1cc(Sc2ccccc2)c(O)c2c1C(=O)C=CC2=O. The molecule has 1 aliphatic carbocycles. The molecule has 0 atom stereocenters. The van der Waals surface area contributed by atoms with Gasteiger partial charge in [-0.1, -0.05) is 30.0 Å². The van der Waals surface area contributed by atoms with E-state index in [1.54, 1.807) is 13.0 Å². The van der Waals surface area contributed by atoms with Crippen LogP contribution in [0.15, 0.2) is 58.3 Å². The van der Waals surface area contributed by atoms with E-state index in [-0.39, 0.29) is 22.9 Å². The van der Waals surface area contributed by atoms with E-state index in [4.69, 9.17) is 0 Å². The van der Waals surface area contributed by atoms with Crippen molar-refractivity contribution in [3.05, 3.63) is 65.2 Å². The third-order valence-electron chi connectivity index (χ3n) is 3.31. The Bertz CT molecular complexity index is 776. The predicted molar refractivity (Wildman–Crippen MR) is 81.2 cm³/mol. The van der Waals surface area contributed by atoms with Crippen molar-refractivity contribution in [2.75, 3.05) is 0 Å². The second-order valence-electron chi connectivity index (χ2n) is 4.77. The Morgan fingerprint density at radius 2 is 1.57 bits per heavy atom. The molecule has 1 N–H and O–H groups in total. The van der Waals surface area contributed by atoms with E-state index in [9.17, 15) is 14.7 Å². The van der Waals surface area contributed by atoms with Crippen molar-refractivity contribution in [1.82, 2.24) is 0 Å². The van der Waals surface area contributed by atoms with Gasteiger partial charge in [0.25, 0.3) is 0 Å². The van der Waals surface area contributed by atoms with Gasteiger partial charge in [-0.15, -0.1) is 0 Å². The van der Waals surface area contributed by atoms with Crippen LogP contribution < -0.4 is 0 Å². The summed E-state index contributed by atoms with van der Waals surface area (Å²) in [5, 5.41) is 10.4. The molecule has 0 heterocycles. The fourth-order valence-corrected chi connectivity index (χ4v) is 3.33. The van der Waals surface area contributed by atoms with Gasteiger partial charge in [0.05, 0.1) is 10.5 Å². The van der Waals surface area contributed by atoms with Crippen molar-refractivity contribution < 1.29 is 14.7 Å². The third kappa shape index (κ3) is 2.38. The zero-order chi connectivity index (χ0) is 15.0. The maximum absolute atomic E-state index is 12.0. The average Bonchev–Trinajstić information content (AvgIpc) is 2.48. The number of hydrogen-bond donors (Lipinski definition) is 1. The highest BCUT2D eigenvalue weighted by Gasteiger charge is 2.27. The number of benzene rings is 2. The molecule has 2 aromatic carbocycles. The van der Waals surface area contributed by atoms with Gasteiger partial charge in [-0.2, -0.15) is 0 Å². The number of aryl methyl sites for hydroxylation is 1. The standard InChI is InChI=1S/C17H12O3S/c1-10-9-14(21-11-5-3-2-4-6-11)17(20)16-13(19)8-7-12(18)15(10)16/h2-9,20H,1H3. The second kappa shape index (κ2) is 5.22. The fourth-order valence-electron chi connectivity index (χ4n) is 2.34. The van der Waals surface area contributed by atoms with E-state index in [2.05, 4.69) is 0 Å². The molecule has 4 heteroatoms. The number of ketones is 2. The van der Waals surface area contributed by atoms with Crippen molar-refractivity contribution in [3.63, 3.8) is 0 Å². The van der Waals surface area contributed by atoms with Crippen molar-refractivity contribution in [1.29, 1.82) is 0 Å². The summed E-state index contributed by atoms with van der Waals surface area (Å²) in [6.45, 7) is 1.78. The fraction of sp³-hybridized carbons (Fsp3) is 0.0588. The monoisotopic (exact) mass is 296 g/mol. The number of carbonyl (C=O) groups excluding carboxylic acids is 2. The van der Waals surface area contributed by atoms with Crippen LogP contribution in [-0.2, 0) is 0 Å². The first-order chi connectivity index (χ1) is 10.1. The lowest BCUT2D eigenvalue weighted by Gasteiger charge is -2.16. The normalized spacial score (nSPS) is 13.4. The molecule has 0 aromatic heterocycles. The summed E-state index contributed by atoms with van der Waals surface area (Å²) in [6, 6.07) is 11.3. The smallest absolute Gasteiger partial charge is 0.190 e. The van der Waals surface area contributed by atoms with Crippen LogP contribution in [0.5, 0.6) is 5.75 Å². The molecule has 0 aliphatic heterocycles. The van der Waals surface area contributed by atoms with Crippen LogP contribution >= 0.6 is 11.8 Å². The van der Waals surface area contributed by atoms with E-state index >= 15 is 0 Å². The summed E-state index contributed by atoms with van der Waals surface area (Å²) < 4.78 is 0. The van der Waals surface area contributed by atoms with Gasteiger partial charge < -0.3 is 5.11 Å². The number of fused-ring (bicyclic) bond motifs is 1. The molecule has 21 heavy (non-hydrogen) atoms. The third-order valence-corrected chi connectivity index (χ3v) is 4.35. The van der Waals surface area contributed by atoms with E-state index in [0.29, 0.717) is 16.0 Å². The van der Waals surface area contributed by atoms with Crippen LogP contribution in [-0.4, -0.2) is 16.7 Å². The van der Waals surface area contributed by atoms with Crippen LogP contribution in [0.25, 0.3) is 0 Å². The van der Waals surface area contributed by atoms with Gasteiger partial charge in [-0.25, -0.2) is 0 Å². The molecule has 3 rings (SSSR count). The van der Waals surface area contributed by atoms with Crippen molar-refractivity contribution in [3.8, 4) is 5.75 Å². The maximum atomic E-state index is 12.0. The summed E-state index contributed by atoms with van der Waals surface area (Å²) in [6.07, 6.45) is 2.46. The maximum Gasteiger partial charge on any atom is 0.190 e. The lowest BCUT2D eigenvalue weighted by molar-refractivity contribution is 0.0990. The number of carbonyl (C=O) groups is 2. The highest BCUT2D eigenvalue weighted by Crippen LogP contribution is 2.40. The number of allylic oxidation sites excluding steroid dienone is 2. The molecule has 104 valence electrons. The molecule has 0 saturated carbocycles. The van der Waals surface area contributed by atoms with Gasteiger partial charge in [-0.3, -0.25) is 9.59 Å². The van der Waals surface area contributed by atoms with Crippen LogP contribution in [0.3, 0.4) is 0 Å². The Morgan fingerprint density at radius 1 is 0.952 bits per heavy atom. The predicted octanol–water partition coefficient (Wildman–Crippen LogP) is 3.79. The topological polar surface area (TPSA) is 54.4 Å². The number of aromatic hydroxyl groups is 1. The summed E-state index contributed by atoms with van der Waals surface area (Å²) in [4.78, 5) is 25.5. The quantitative estimate of drug-likeness (QED) is 0.916. The molecule has 0 fully saturated rings. The molecular formula is C17H12O3S. The van der Waals surface area contributed by atoms with E-state index in [1.807, 2.05) is 30.3 Å². The van der Waals surface area contributed by atoms with Gasteiger partial charge in [0.15, 0.2) is 11.6 Å². The molecule has 3 nitrogen and oxygen atoms in total. The van der Waals surface area contributed by atoms with Crippen LogP contribution in [0.1, 0.15) is 26.3 Å². The summed E-state index contributed by atoms with van der Waals surface area (Å²) in [7, 11) is 0. The molecule has 0 bridgehead atoms. The first kappa shape index (κ1) is 13.6. The Morgan fingerprint density at radius 3 is 2.24 bits per heavy atom. The first-order valence-corrected chi connectivity index (χ1v) is 7.26. The molecular weight excluding hydrogens is 284 g/mol. The highest BCUT2D eigenvalue weighted by atomic mass is 32.2. The minimum atomic E-state index is -0.333. The molecule has 0 radical (unpaired) electrons. The first-order valence-electron chi connectivity index (χ1n) is 6.44. The van der Waals surface area contributed by atoms with Gasteiger partial charge in [0.1, 0.15) is 5.75 Å². The zero-order valence-electron chi connectivity index (χ0n) is 11.3. The number of rotatable bonds is 2.